The van der Waals surface area contributed by atoms with Crippen LogP contribution in [0.4, 0.5) is 10.1 Å². The summed E-state index contributed by atoms with van der Waals surface area (Å²) in [4.78, 5) is 40.3. The van der Waals surface area contributed by atoms with Crippen molar-refractivity contribution in [3.8, 4) is 0 Å². The van der Waals surface area contributed by atoms with Crippen LogP contribution in [0.15, 0.2) is 78.9 Å². The van der Waals surface area contributed by atoms with E-state index in [1.165, 1.54) is 48.2 Å². The summed E-state index contributed by atoms with van der Waals surface area (Å²) in [6.07, 6.45) is 1.08. The number of halogens is 1. The normalized spacial score (nSPS) is 11.9. The van der Waals surface area contributed by atoms with Crippen molar-refractivity contribution in [2.75, 3.05) is 23.7 Å². The van der Waals surface area contributed by atoms with Crippen molar-refractivity contribution in [2.24, 2.45) is 0 Å². The standard InChI is InChI=1S/C29H32FN3O5S/c1-4-31-29(36)27(17-22-11-6-5-7-12-22)32(19-24-13-8-9-16-26(24)30)28(35)20-33(39(3,37)38)25-15-10-14-23(18-25)21(2)34/h5-16,18,27H,4,17,19-20H2,1-3H3,(H,31,36)/t27-/m0/s1. The zero-order valence-electron chi connectivity index (χ0n) is 22.1. The van der Waals surface area contributed by atoms with E-state index in [-0.39, 0.29) is 35.6 Å². The third-order valence-corrected chi connectivity index (χ3v) is 7.28. The summed E-state index contributed by atoms with van der Waals surface area (Å²) in [5, 5.41) is 2.74. The number of carbonyl (C=O) groups excluding carboxylic acids is 3. The number of nitrogens with one attached hydrogen (secondary N) is 1. The smallest absolute Gasteiger partial charge is 0.244 e. The molecule has 0 fully saturated rings. The maximum atomic E-state index is 14.7. The van der Waals surface area contributed by atoms with Crippen LogP contribution in [0.25, 0.3) is 0 Å². The van der Waals surface area contributed by atoms with Gasteiger partial charge in [0.25, 0.3) is 0 Å². The number of Topliss-reactive ketones (excluding diaryl/α,β-unsaturated/α-hetero) is 1. The van der Waals surface area contributed by atoms with E-state index in [2.05, 4.69) is 5.32 Å². The number of hydrogen-bond acceptors (Lipinski definition) is 5. The molecular formula is C29H32FN3O5S. The Morgan fingerprint density at radius 1 is 0.949 bits per heavy atom. The highest BCUT2D eigenvalue weighted by atomic mass is 32.2. The van der Waals surface area contributed by atoms with E-state index in [1.807, 2.05) is 18.2 Å². The number of sulfonamides is 1. The molecule has 3 rings (SSSR count). The molecule has 8 nitrogen and oxygen atoms in total. The van der Waals surface area contributed by atoms with Crippen molar-refractivity contribution in [1.29, 1.82) is 0 Å². The lowest BCUT2D eigenvalue weighted by Gasteiger charge is -2.33. The second-order valence-electron chi connectivity index (χ2n) is 9.09. The zero-order chi connectivity index (χ0) is 28.6. The number of benzene rings is 3. The van der Waals surface area contributed by atoms with Gasteiger partial charge >= 0.3 is 0 Å². The molecule has 3 aromatic carbocycles. The third-order valence-electron chi connectivity index (χ3n) is 6.14. The third kappa shape index (κ3) is 7.97. The maximum Gasteiger partial charge on any atom is 0.244 e. The number of rotatable bonds is 12. The fourth-order valence-corrected chi connectivity index (χ4v) is 4.99. The number of nitrogens with zero attached hydrogens (tertiary/aromatic N) is 2. The number of carbonyl (C=O) groups is 3. The average Bonchev–Trinajstić information content (AvgIpc) is 2.90. The van der Waals surface area contributed by atoms with Gasteiger partial charge in [0.05, 0.1) is 11.9 Å². The minimum absolute atomic E-state index is 0.127. The summed E-state index contributed by atoms with van der Waals surface area (Å²) >= 11 is 0. The first-order valence-corrected chi connectivity index (χ1v) is 14.3. The Bertz CT molecular complexity index is 1430. The lowest BCUT2D eigenvalue weighted by atomic mass is 10.0. The van der Waals surface area contributed by atoms with E-state index in [1.54, 1.807) is 31.2 Å². The van der Waals surface area contributed by atoms with Gasteiger partial charge in [-0.3, -0.25) is 18.7 Å². The Labute approximate surface area is 228 Å². The largest absolute Gasteiger partial charge is 0.355 e. The molecule has 1 atom stereocenters. The van der Waals surface area contributed by atoms with Crippen molar-refractivity contribution in [2.45, 2.75) is 32.9 Å². The van der Waals surface area contributed by atoms with E-state index in [9.17, 15) is 27.2 Å². The average molecular weight is 554 g/mol. The number of amides is 2. The molecule has 0 aliphatic rings. The van der Waals surface area contributed by atoms with Gasteiger partial charge in [0.15, 0.2) is 5.78 Å². The quantitative estimate of drug-likeness (QED) is 0.346. The van der Waals surface area contributed by atoms with Gasteiger partial charge in [0.2, 0.25) is 21.8 Å². The van der Waals surface area contributed by atoms with Crippen LogP contribution in [0.5, 0.6) is 0 Å². The van der Waals surface area contributed by atoms with Gasteiger partial charge < -0.3 is 10.2 Å². The van der Waals surface area contributed by atoms with Crippen LogP contribution in [0, 0.1) is 5.82 Å². The minimum atomic E-state index is -3.99. The van der Waals surface area contributed by atoms with E-state index in [0.717, 1.165) is 16.1 Å². The van der Waals surface area contributed by atoms with E-state index < -0.39 is 40.2 Å². The van der Waals surface area contributed by atoms with E-state index >= 15 is 0 Å². The number of ketones is 1. The van der Waals surface area contributed by atoms with E-state index in [0.29, 0.717) is 6.54 Å². The Morgan fingerprint density at radius 3 is 2.23 bits per heavy atom. The first-order chi connectivity index (χ1) is 18.5. The van der Waals surface area contributed by atoms with Gasteiger partial charge in [-0.2, -0.15) is 0 Å². The van der Waals surface area contributed by atoms with Crippen LogP contribution in [-0.4, -0.2) is 56.3 Å². The Kier molecular flexibility index (Phi) is 9.95. The van der Waals surface area contributed by atoms with Gasteiger partial charge in [0.1, 0.15) is 18.4 Å². The second-order valence-corrected chi connectivity index (χ2v) is 11.0. The highest BCUT2D eigenvalue weighted by Gasteiger charge is 2.33. The summed E-state index contributed by atoms with van der Waals surface area (Å²) < 4.78 is 41.2. The summed E-state index contributed by atoms with van der Waals surface area (Å²) in [5.41, 5.74) is 1.36. The Hall–Kier alpha value is -4.05. The molecule has 0 bridgehead atoms. The zero-order valence-corrected chi connectivity index (χ0v) is 22.9. The molecule has 3 aromatic rings. The SMILES string of the molecule is CCNC(=O)[C@H](Cc1ccccc1)N(Cc1ccccc1F)C(=O)CN(c1cccc(C(C)=O)c1)S(C)(=O)=O. The van der Waals surface area contributed by atoms with Gasteiger partial charge in [-0.15, -0.1) is 0 Å². The fraction of sp³-hybridized carbons (Fsp3) is 0.276. The Balaban J connectivity index is 2.07. The molecule has 2 amide bonds. The van der Waals surface area contributed by atoms with Crippen LogP contribution in [0.2, 0.25) is 0 Å². The van der Waals surface area contributed by atoms with Crippen molar-refractivity contribution >= 4 is 33.3 Å². The van der Waals surface area contributed by atoms with Gasteiger partial charge in [0, 0.05) is 30.6 Å². The van der Waals surface area contributed by atoms with Crippen molar-refractivity contribution in [3.63, 3.8) is 0 Å². The Morgan fingerprint density at radius 2 is 1.62 bits per heavy atom. The van der Waals surface area contributed by atoms with Crippen LogP contribution >= 0.6 is 0 Å². The topological polar surface area (TPSA) is 104 Å². The van der Waals surface area contributed by atoms with Crippen LogP contribution < -0.4 is 9.62 Å². The first kappa shape index (κ1) is 29.5. The maximum absolute atomic E-state index is 14.7. The molecule has 0 aromatic heterocycles. The highest BCUT2D eigenvalue weighted by Crippen LogP contribution is 2.22. The summed E-state index contributed by atoms with van der Waals surface area (Å²) in [6, 6.07) is 19.9. The second kappa shape index (κ2) is 13.1. The van der Waals surface area contributed by atoms with Crippen molar-refractivity contribution < 1.29 is 27.2 Å². The predicted molar refractivity (Wildman–Crippen MR) is 148 cm³/mol. The van der Waals surface area contributed by atoms with Crippen LogP contribution in [0.3, 0.4) is 0 Å². The van der Waals surface area contributed by atoms with E-state index in [4.69, 9.17) is 0 Å². The molecule has 0 heterocycles. The lowest BCUT2D eigenvalue weighted by Crippen LogP contribution is -2.53. The molecule has 0 radical (unpaired) electrons. The summed E-state index contributed by atoms with van der Waals surface area (Å²) in [7, 11) is -3.99. The molecule has 0 unspecified atom stereocenters. The molecule has 0 saturated carbocycles. The molecule has 10 heteroatoms. The minimum Gasteiger partial charge on any atom is -0.355 e. The number of anilines is 1. The molecule has 1 N–H and O–H groups in total. The van der Waals surface area contributed by atoms with Crippen LogP contribution in [0.1, 0.15) is 35.3 Å². The van der Waals surface area contributed by atoms with Crippen molar-refractivity contribution in [3.05, 3.63) is 101 Å². The van der Waals surface area contributed by atoms with Crippen LogP contribution in [-0.2, 0) is 32.6 Å². The van der Waals surface area contributed by atoms with Crippen molar-refractivity contribution in [1.82, 2.24) is 10.2 Å². The number of likely N-dealkylation sites (N-methyl/N-ethyl adjacent to an activating group) is 1. The molecule has 0 aliphatic carbocycles. The summed E-state index contributed by atoms with van der Waals surface area (Å²) in [5.74, 6) is -1.98. The molecule has 206 valence electrons. The van der Waals surface area contributed by atoms with Gasteiger partial charge in [-0.25, -0.2) is 12.8 Å². The van der Waals surface area contributed by atoms with Gasteiger partial charge in [-0.1, -0.05) is 60.7 Å². The molecule has 0 spiro atoms. The monoisotopic (exact) mass is 553 g/mol. The fourth-order valence-electron chi connectivity index (χ4n) is 4.15. The molecule has 39 heavy (non-hydrogen) atoms. The summed E-state index contributed by atoms with van der Waals surface area (Å²) in [6.45, 7) is 2.49. The molecule has 0 saturated heterocycles. The lowest BCUT2D eigenvalue weighted by molar-refractivity contribution is -0.140. The molecular weight excluding hydrogens is 521 g/mol. The van der Waals surface area contributed by atoms with Gasteiger partial charge in [-0.05, 0) is 37.6 Å². The first-order valence-electron chi connectivity index (χ1n) is 12.4. The molecule has 0 aliphatic heterocycles. The predicted octanol–water partition coefficient (Wildman–Crippen LogP) is 3.57. The number of hydrogen-bond donors (Lipinski definition) is 1. The highest BCUT2D eigenvalue weighted by molar-refractivity contribution is 7.92.